The van der Waals surface area contributed by atoms with Crippen LogP contribution < -0.4 is 10.6 Å². The Hall–Kier alpha value is -2.89. The molecule has 1 aromatic heterocycles. The number of nitrogens with zero attached hydrogens (tertiary/aromatic N) is 1. The predicted octanol–water partition coefficient (Wildman–Crippen LogP) is 2.38. The number of pyridine rings is 1. The summed E-state index contributed by atoms with van der Waals surface area (Å²) in [5.41, 5.74) is 1.29. The predicted molar refractivity (Wildman–Crippen MR) is 91.6 cm³/mol. The minimum Gasteiger partial charge on any atom is -0.460 e. The van der Waals surface area contributed by atoms with Crippen molar-refractivity contribution >= 4 is 17.7 Å². The highest BCUT2D eigenvalue weighted by Gasteiger charge is 2.14. The molecule has 0 radical (unpaired) electrons. The van der Waals surface area contributed by atoms with Gasteiger partial charge in [0, 0.05) is 12.2 Å². The maximum atomic E-state index is 12.2. The molecule has 1 heterocycles. The van der Waals surface area contributed by atoms with Gasteiger partial charge in [-0.25, -0.2) is 4.98 Å². The number of ether oxygens (including phenoxy) is 1. The van der Waals surface area contributed by atoms with E-state index >= 15 is 0 Å². The first-order valence-electron chi connectivity index (χ1n) is 7.75. The third-order valence-electron chi connectivity index (χ3n) is 3.11. The van der Waals surface area contributed by atoms with Gasteiger partial charge in [0.25, 0.3) is 5.91 Å². The van der Waals surface area contributed by atoms with E-state index in [-0.39, 0.29) is 25.1 Å². The van der Waals surface area contributed by atoms with Gasteiger partial charge in [0.2, 0.25) is 0 Å². The Kier molecular flexibility index (Phi) is 6.31. The number of amides is 1. The van der Waals surface area contributed by atoms with Crippen molar-refractivity contribution in [3.8, 4) is 0 Å². The number of benzene rings is 1. The number of hydrogen-bond donors (Lipinski definition) is 2. The van der Waals surface area contributed by atoms with E-state index in [2.05, 4.69) is 15.6 Å². The number of aromatic nitrogens is 1. The first-order chi connectivity index (χ1) is 11.6. The highest BCUT2D eigenvalue weighted by Crippen LogP contribution is 2.12. The molecular weight excluding hydrogens is 306 g/mol. The van der Waals surface area contributed by atoms with Gasteiger partial charge in [0.15, 0.2) is 0 Å². The third-order valence-corrected chi connectivity index (χ3v) is 3.11. The van der Waals surface area contributed by atoms with Crippen molar-refractivity contribution in [3.05, 3.63) is 59.8 Å². The Labute approximate surface area is 141 Å². The van der Waals surface area contributed by atoms with Crippen LogP contribution in [0.15, 0.2) is 48.7 Å². The topological polar surface area (TPSA) is 80.3 Å². The van der Waals surface area contributed by atoms with Crippen molar-refractivity contribution in [1.29, 1.82) is 0 Å². The summed E-state index contributed by atoms with van der Waals surface area (Å²) in [6.45, 7) is 3.90. The zero-order valence-electron chi connectivity index (χ0n) is 13.8. The van der Waals surface area contributed by atoms with Crippen LogP contribution in [0.5, 0.6) is 0 Å². The van der Waals surface area contributed by atoms with Crippen LogP contribution in [0.2, 0.25) is 0 Å². The molecule has 6 nitrogen and oxygen atoms in total. The molecule has 0 spiro atoms. The molecular formula is C18H21N3O3. The van der Waals surface area contributed by atoms with Crippen molar-refractivity contribution in [3.63, 3.8) is 0 Å². The first-order valence-corrected chi connectivity index (χ1v) is 7.75. The molecule has 0 saturated carbocycles. The van der Waals surface area contributed by atoms with E-state index in [0.29, 0.717) is 11.4 Å². The van der Waals surface area contributed by atoms with E-state index < -0.39 is 5.97 Å². The molecule has 0 bridgehead atoms. The normalized spacial score (nSPS) is 10.3. The minimum atomic E-state index is -0.491. The summed E-state index contributed by atoms with van der Waals surface area (Å²) in [6.07, 6.45) is 1.61. The van der Waals surface area contributed by atoms with Gasteiger partial charge >= 0.3 is 5.97 Å². The molecule has 0 unspecified atom stereocenters. The fourth-order valence-corrected chi connectivity index (χ4v) is 2.01. The lowest BCUT2D eigenvalue weighted by Crippen LogP contribution is -2.31. The Morgan fingerprint density at radius 2 is 1.88 bits per heavy atom. The highest BCUT2D eigenvalue weighted by atomic mass is 16.5. The van der Waals surface area contributed by atoms with Gasteiger partial charge in [0.05, 0.1) is 5.56 Å². The minimum absolute atomic E-state index is 0.141. The summed E-state index contributed by atoms with van der Waals surface area (Å²) >= 11 is 0. The van der Waals surface area contributed by atoms with Gasteiger partial charge < -0.3 is 15.4 Å². The van der Waals surface area contributed by atoms with Crippen LogP contribution in [0.4, 0.5) is 5.82 Å². The van der Waals surface area contributed by atoms with E-state index in [1.807, 2.05) is 44.2 Å². The SMILES string of the molecule is CC(C)Nc1ncccc1C(=O)NCC(=O)OCc1ccccc1. The molecule has 0 aliphatic heterocycles. The van der Waals surface area contributed by atoms with Crippen molar-refractivity contribution in [2.75, 3.05) is 11.9 Å². The molecule has 0 aliphatic carbocycles. The quantitative estimate of drug-likeness (QED) is 0.763. The van der Waals surface area contributed by atoms with Gasteiger partial charge in [-0.2, -0.15) is 0 Å². The fourth-order valence-electron chi connectivity index (χ4n) is 2.01. The van der Waals surface area contributed by atoms with E-state index in [0.717, 1.165) is 5.56 Å². The zero-order chi connectivity index (χ0) is 17.4. The van der Waals surface area contributed by atoms with Crippen molar-refractivity contribution in [1.82, 2.24) is 10.3 Å². The van der Waals surface area contributed by atoms with E-state index in [1.165, 1.54) is 0 Å². The average Bonchev–Trinajstić information content (AvgIpc) is 2.58. The molecule has 0 saturated heterocycles. The molecule has 0 atom stereocenters. The first kappa shape index (κ1) is 17.5. The second kappa shape index (κ2) is 8.67. The monoisotopic (exact) mass is 327 g/mol. The van der Waals surface area contributed by atoms with Crippen LogP contribution in [-0.4, -0.2) is 29.4 Å². The molecule has 2 aromatic rings. The summed E-state index contributed by atoms with van der Waals surface area (Å²) in [5, 5.41) is 5.66. The summed E-state index contributed by atoms with van der Waals surface area (Å²) in [5.74, 6) is -0.375. The van der Waals surface area contributed by atoms with Crippen LogP contribution in [0.1, 0.15) is 29.8 Å². The summed E-state index contributed by atoms with van der Waals surface area (Å²) < 4.78 is 5.12. The number of nitrogens with one attached hydrogen (secondary N) is 2. The Bertz CT molecular complexity index is 687. The van der Waals surface area contributed by atoms with Gasteiger partial charge in [-0.1, -0.05) is 30.3 Å². The Morgan fingerprint density at radius 1 is 1.12 bits per heavy atom. The molecule has 1 aromatic carbocycles. The summed E-state index contributed by atoms with van der Waals surface area (Å²) in [6, 6.07) is 12.8. The van der Waals surface area contributed by atoms with Gasteiger partial charge in [-0.05, 0) is 31.5 Å². The molecule has 2 rings (SSSR count). The standard InChI is InChI=1S/C18H21N3O3/c1-13(2)21-17-15(9-6-10-19-17)18(23)20-11-16(22)24-12-14-7-4-3-5-8-14/h3-10,13H,11-12H2,1-2H3,(H,19,21)(H,20,23). The number of anilines is 1. The largest absolute Gasteiger partial charge is 0.460 e. The number of carbonyl (C=O) groups is 2. The maximum absolute atomic E-state index is 12.2. The van der Waals surface area contributed by atoms with Gasteiger partial charge in [-0.15, -0.1) is 0 Å². The van der Waals surface area contributed by atoms with Crippen molar-refractivity contribution in [2.24, 2.45) is 0 Å². The zero-order valence-corrected chi connectivity index (χ0v) is 13.8. The molecule has 0 fully saturated rings. The fraction of sp³-hybridized carbons (Fsp3) is 0.278. The Morgan fingerprint density at radius 3 is 2.58 bits per heavy atom. The summed E-state index contributed by atoms with van der Waals surface area (Å²) in [4.78, 5) is 28.1. The molecule has 126 valence electrons. The molecule has 2 N–H and O–H groups in total. The molecule has 6 heteroatoms. The number of esters is 1. The lowest BCUT2D eigenvalue weighted by atomic mass is 10.2. The van der Waals surface area contributed by atoms with Crippen molar-refractivity contribution in [2.45, 2.75) is 26.5 Å². The van der Waals surface area contributed by atoms with Gasteiger partial charge in [-0.3, -0.25) is 9.59 Å². The third kappa shape index (κ3) is 5.39. The molecule has 1 amide bonds. The van der Waals surface area contributed by atoms with E-state index in [4.69, 9.17) is 4.74 Å². The number of carbonyl (C=O) groups excluding carboxylic acids is 2. The second-order valence-corrected chi connectivity index (χ2v) is 5.53. The molecule has 24 heavy (non-hydrogen) atoms. The van der Waals surface area contributed by atoms with Crippen molar-refractivity contribution < 1.29 is 14.3 Å². The van der Waals surface area contributed by atoms with Crippen LogP contribution in [0.3, 0.4) is 0 Å². The summed E-state index contributed by atoms with van der Waals surface area (Å²) in [7, 11) is 0. The number of rotatable bonds is 7. The lowest BCUT2D eigenvalue weighted by molar-refractivity contribution is -0.143. The van der Waals surface area contributed by atoms with E-state index in [1.54, 1.807) is 18.3 Å². The second-order valence-electron chi connectivity index (χ2n) is 5.53. The smallest absolute Gasteiger partial charge is 0.325 e. The van der Waals surface area contributed by atoms with Crippen LogP contribution >= 0.6 is 0 Å². The van der Waals surface area contributed by atoms with Gasteiger partial charge in [0.1, 0.15) is 19.0 Å². The lowest BCUT2D eigenvalue weighted by Gasteiger charge is -2.13. The average molecular weight is 327 g/mol. The molecule has 0 aliphatic rings. The van der Waals surface area contributed by atoms with Crippen LogP contribution in [0, 0.1) is 0 Å². The van der Waals surface area contributed by atoms with Crippen LogP contribution in [-0.2, 0) is 16.1 Å². The van der Waals surface area contributed by atoms with E-state index in [9.17, 15) is 9.59 Å². The highest BCUT2D eigenvalue weighted by molar-refractivity contribution is 5.99. The Balaban J connectivity index is 1.85. The van der Waals surface area contributed by atoms with Crippen LogP contribution in [0.25, 0.3) is 0 Å². The maximum Gasteiger partial charge on any atom is 0.325 e. The number of hydrogen-bond acceptors (Lipinski definition) is 5.